The van der Waals surface area contributed by atoms with Crippen molar-refractivity contribution < 1.29 is 9.59 Å². The average molecular weight is 368 g/mol. The van der Waals surface area contributed by atoms with E-state index in [1.54, 1.807) is 6.20 Å². The molecule has 2 amide bonds. The molecule has 2 heterocycles. The zero-order valence-electron chi connectivity index (χ0n) is 16.2. The van der Waals surface area contributed by atoms with Crippen molar-refractivity contribution in [2.45, 2.75) is 19.3 Å². The van der Waals surface area contributed by atoms with E-state index < -0.39 is 0 Å². The quantitative estimate of drug-likeness (QED) is 0.766. The van der Waals surface area contributed by atoms with E-state index in [1.165, 1.54) is 0 Å². The van der Waals surface area contributed by atoms with Gasteiger partial charge in [0.1, 0.15) is 5.82 Å². The smallest absolute Gasteiger partial charge is 0.255 e. The number of carbonyl (C=O) groups is 2. The summed E-state index contributed by atoms with van der Waals surface area (Å²) in [5.74, 6) is 2.32. The number of anilines is 1. The van der Waals surface area contributed by atoms with Crippen LogP contribution in [-0.4, -0.2) is 66.9 Å². The average Bonchev–Trinajstić information content (AvgIpc) is 3.23. The molecule has 3 aliphatic rings. The van der Waals surface area contributed by atoms with Crippen molar-refractivity contribution in [1.29, 1.82) is 0 Å². The Morgan fingerprint density at radius 2 is 1.81 bits per heavy atom. The number of hydrogen-bond donors (Lipinski definition) is 0. The van der Waals surface area contributed by atoms with Crippen LogP contribution in [0.2, 0.25) is 0 Å². The second-order valence-electron chi connectivity index (χ2n) is 8.16. The molecule has 2 aliphatic carbocycles. The summed E-state index contributed by atoms with van der Waals surface area (Å²) in [6, 6.07) is 3.70. The molecule has 0 unspecified atom stereocenters. The van der Waals surface area contributed by atoms with Crippen LogP contribution in [0.4, 0.5) is 5.82 Å². The maximum absolute atomic E-state index is 13.0. The number of amides is 2. The van der Waals surface area contributed by atoms with Crippen molar-refractivity contribution in [3.63, 3.8) is 0 Å². The predicted molar refractivity (Wildman–Crippen MR) is 105 cm³/mol. The van der Waals surface area contributed by atoms with Crippen LogP contribution in [0, 0.1) is 17.8 Å². The number of carbonyl (C=O) groups excluding carboxylic acids is 2. The molecule has 0 N–H and O–H groups in total. The number of rotatable bonds is 3. The molecule has 0 spiro atoms. The monoisotopic (exact) mass is 368 g/mol. The Bertz CT molecular complexity index is 743. The molecule has 1 aromatic heterocycles. The summed E-state index contributed by atoms with van der Waals surface area (Å²) in [6.45, 7) is 2.66. The minimum atomic E-state index is 0.00459. The topological polar surface area (TPSA) is 56.8 Å². The first-order valence-electron chi connectivity index (χ1n) is 9.92. The van der Waals surface area contributed by atoms with Crippen molar-refractivity contribution in [3.8, 4) is 0 Å². The highest BCUT2D eigenvalue weighted by molar-refractivity contribution is 5.94. The first-order valence-corrected chi connectivity index (χ1v) is 9.92. The Morgan fingerprint density at radius 1 is 1.04 bits per heavy atom. The number of hydrogen-bond acceptors (Lipinski definition) is 4. The van der Waals surface area contributed by atoms with Crippen LogP contribution < -0.4 is 4.90 Å². The molecule has 6 heteroatoms. The first kappa shape index (κ1) is 18.0. The Hall–Kier alpha value is -2.37. The second kappa shape index (κ2) is 7.33. The van der Waals surface area contributed by atoms with Gasteiger partial charge in [0, 0.05) is 52.4 Å². The van der Waals surface area contributed by atoms with Crippen LogP contribution in [0.5, 0.6) is 0 Å². The summed E-state index contributed by atoms with van der Waals surface area (Å²) in [7, 11) is 3.85. The number of aromatic nitrogens is 1. The van der Waals surface area contributed by atoms with Crippen LogP contribution >= 0.6 is 0 Å². The van der Waals surface area contributed by atoms with E-state index in [1.807, 2.05) is 40.9 Å². The SMILES string of the molecule is CN(C)c1ccc(C(=O)N2CCCN(C(=O)[C@@H]3C[C@@H]4C=C[C@H]3C4)CC2)cn1. The van der Waals surface area contributed by atoms with Gasteiger partial charge in [-0.15, -0.1) is 0 Å². The summed E-state index contributed by atoms with van der Waals surface area (Å²) in [6.07, 6.45) is 9.12. The molecule has 1 aromatic rings. The summed E-state index contributed by atoms with van der Waals surface area (Å²) in [5, 5.41) is 0. The maximum Gasteiger partial charge on any atom is 0.255 e. The van der Waals surface area contributed by atoms with Gasteiger partial charge < -0.3 is 14.7 Å². The molecule has 27 heavy (non-hydrogen) atoms. The van der Waals surface area contributed by atoms with Crippen molar-refractivity contribution in [3.05, 3.63) is 36.0 Å². The molecule has 6 nitrogen and oxygen atoms in total. The van der Waals surface area contributed by atoms with Crippen LogP contribution in [0.1, 0.15) is 29.6 Å². The second-order valence-corrected chi connectivity index (χ2v) is 8.16. The fraction of sp³-hybridized carbons (Fsp3) is 0.571. The highest BCUT2D eigenvalue weighted by Crippen LogP contribution is 2.44. The van der Waals surface area contributed by atoms with Gasteiger partial charge >= 0.3 is 0 Å². The van der Waals surface area contributed by atoms with Gasteiger partial charge in [0.25, 0.3) is 5.91 Å². The third-order valence-electron chi connectivity index (χ3n) is 6.14. The third kappa shape index (κ3) is 3.57. The van der Waals surface area contributed by atoms with Gasteiger partial charge in [-0.3, -0.25) is 9.59 Å². The van der Waals surface area contributed by atoms with Crippen molar-refractivity contribution in [1.82, 2.24) is 14.8 Å². The Kier molecular flexibility index (Phi) is 4.89. The summed E-state index contributed by atoms with van der Waals surface area (Å²) < 4.78 is 0. The van der Waals surface area contributed by atoms with Gasteiger partial charge in [-0.05, 0) is 43.2 Å². The Labute approximate surface area is 160 Å². The maximum atomic E-state index is 13.0. The van der Waals surface area contributed by atoms with Crippen LogP contribution in [0.15, 0.2) is 30.5 Å². The lowest BCUT2D eigenvalue weighted by atomic mass is 9.92. The molecule has 2 fully saturated rings. The highest BCUT2D eigenvalue weighted by atomic mass is 16.2. The molecule has 1 saturated carbocycles. The number of nitrogens with zero attached hydrogens (tertiary/aromatic N) is 4. The summed E-state index contributed by atoms with van der Waals surface area (Å²) in [5.41, 5.74) is 0.610. The number of pyridine rings is 1. The number of fused-ring (bicyclic) bond motifs is 2. The fourth-order valence-electron chi connectivity index (χ4n) is 4.60. The standard InChI is InChI=1S/C21H28N4O2/c1-23(2)19-7-6-17(14-22-19)20(26)24-8-3-9-25(11-10-24)21(27)18-13-15-4-5-16(18)12-15/h4-7,14-16,18H,3,8-13H2,1-2H3/t15-,16+,18-/m1/s1. The lowest BCUT2D eigenvalue weighted by Gasteiger charge is -2.27. The van der Waals surface area contributed by atoms with Crippen molar-refractivity contribution in [2.75, 3.05) is 45.2 Å². The molecule has 4 rings (SSSR count). The zero-order chi connectivity index (χ0) is 19.0. The lowest BCUT2D eigenvalue weighted by molar-refractivity contribution is -0.136. The Morgan fingerprint density at radius 3 is 2.44 bits per heavy atom. The van der Waals surface area contributed by atoms with E-state index in [2.05, 4.69) is 17.1 Å². The van der Waals surface area contributed by atoms with E-state index in [0.717, 1.165) is 31.6 Å². The molecule has 144 valence electrons. The van der Waals surface area contributed by atoms with Gasteiger partial charge in [0.2, 0.25) is 5.91 Å². The number of allylic oxidation sites excluding steroid dienone is 2. The Balaban J connectivity index is 1.37. The summed E-state index contributed by atoms with van der Waals surface area (Å²) in [4.78, 5) is 35.9. The molecule has 0 radical (unpaired) electrons. The lowest BCUT2D eigenvalue weighted by Crippen LogP contribution is -2.41. The molecule has 1 aliphatic heterocycles. The molecule has 3 atom stereocenters. The first-order chi connectivity index (χ1) is 13.0. The molecule has 2 bridgehead atoms. The van der Waals surface area contributed by atoms with E-state index in [9.17, 15) is 9.59 Å². The van der Waals surface area contributed by atoms with E-state index in [4.69, 9.17) is 0 Å². The third-order valence-corrected chi connectivity index (χ3v) is 6.14. The molecular weight excluding hydrogens is 340 g/mol. The van der Waals surface area contributed by atoms with E-state index >= 15 is 0 Å². The van der Waals surface area contributed by atoms with Gasteiger partial charge in [-0.25, -0.2) is 4.98 Å². The van der Waals surface area contributed by atoms with Crippen LogP contribution in [0.3, 0.4) is 0 Å². The zero-order valence-corrected chi connectivity index (χ0v) is 16.2. The van der Waals surface area contributed by atoms with Crippen molar-refractivity contribution >= 4 is 17.6 Å². The van der Waals surface area contributed by atoms with Gasteiger partial charge in [0.05, 0.1) is 5.56 Å². The van der Waals surface area contributed by atoms with Gasteiger partial charge in [-0.1, -0.05) is 12.2 Å². The fourth-order valence-corrected chi connectivity index (χ4v) is 4.60. The normalized spacial score (nSPS) is 27.0. The van der Waals surface area contributed by atoms with E-state index in [-0.39, 0.29) is 17.7 Å². The minimum absolute atomic E-state index is 0.00459. The van der Waals surface area contributed by atoms with Crippen LogP contribution in [0.25, 0.3) is 0 Å². The molecular formula is C21H28N4O2. The minimum Gasteiger partial charge on any atom is -0.363 e. The van der Waals surface area contributed by atoms with Gasteiger partial charge in [-0.2, -0.15) is 0 Å². The molecule has 1 saturated heterocycles. The van der Waals surface area contributed by atoms with Crippen LogP contribution in [-0.2, 0) is 4.79 Å². The predicted octanol–water partition coefficient (Wildman–Crippen LogP) is 2.03. The van der Waals surface area contributed by atoms with E-state index in [0.29, 0.717) is 37.0 Å². The highest BCUT2D eigenvalue weighted by Gasteiger charge is 2.41. The van der Waals surface area contributed by atoms with Crippen molar-refractivity contribution in [2.24, 2.45) is 17.8 Å². The largest absolute Gasteiger partial charge is 0.363 e. The van der Waals surface area contributed by atoms with Gasteiger partial charge in [0.15, 0.2) is 0 Å². The molecule has 0 aromatic carbocycles. The summed E-state index contributed by atoms with van der Waals surface area (Å²) >= 11 is 0.